The second-order valence-electron chi connectivity index (χ2n) is 12.6. The zero-order chi connectivity index (χ0) is 26.8. The quantitative estimate of drug-likeness (QED) is 0.185. The van der Waals surface area contributed by atoms with Crippen molar-refractivity contribution >= 4 is 10.9 Å². The smallest absolute Gasteiger partial charge is 0.125 e. The first kappa shape index (κ1) is 22.3. The molecule has 6 aromatic rings. The minimum atomic E-state index is -0.523. The lowest BCUT2D eigenvalue weighted by atomic mass is 9.87. The summed E-state index contributed by atoms with van der Waals surface area (Å²) in [5.74, 6) is 0. The van der Waals surface area contributed by atoms with Crippen molar-refractivity contribution in [3.8, 4) is 33.6 Å². The fourth-order valence-electron chi connectivity index (χ4n) is 7.80. The van der Waals surface area contributed by atoms with Crippen LogP contribution in [-0.4, -0.2) is 0 Å². The van der Waals surface area contributed by atoms with Crippen LogP contribution in [-0.2, 0) is 17.5 Å². The first-order valence-corrected chi connectivity index (χ1v) is 14.3. The van der Waals surface area contributed by atoms with Crippen molar-refractivity contribution in [3.05, 3.63) is 143 Å². The van der Waals surface area contributed by atoms with E-state index in [4.69, 9.17) is 0 Å². The second kappa shape index (κ2) is 7.34. The van der Waals surface area contributed by atoms with Crippen molar-refractivity contribution in [3.63, 3.8) is 0 Å². The molecule has 1 atom stereocenters. The van der Waals surface area contributed by atoms with Crippen LogP contribution in [0.4, 0.5) is 0 Å². The van der Waals surface area contributed by atoms with Crippen LogP contribution in [0, 0.1) is 0 Å². The monoisotopic (exact) mass is 514 g/mol. The van der Waals surface area contributed by atoms with E-state index in [1.54, 1.807) is 0 Å². The number of fused-ring (bicyclic) bond motifs is 17. The van der Waals surface area contributed by atoms with Crippen LogP contribution in [0.15, 0.2) is 115 Å². The third-order valence-corrected chi connectivity index (χ3v) is 9.51. The van der Waals surface area contributed by atoms with Gasteiger partial charge in [0.05, 0.1) is 22.1 Å². The highest BCUT2D eigenvalue weighted by atomic mass is 15.3. The number of rotatable bonds is 0. The summed E-state index contributed by atoms with van der Waals surface area (Å²) >= 11 is 0. The molecule has 4 heterocycles. The van der Waals surface area contributed by atoms with Crippen molar-refractivity contribution in [2.45, 2.75) is 38.3 Å². The van der Waals surface area contributed by atoms with Gasteiger partial charge in [0.1, 0.15) is 11.1 Å². The summed E-state index contributed by atoms with van der Waals surface area (Å²) in [6.07, 6.45) is 3.41. The normalized spacial score (nSPS) is 17.4. The Morgan fingerprint density at radius 3 is 2.10 bits per heavy atom. The molecule has 40 heavy (non-hydrogen) atoms. The van der Waals surface area contributed by atoms with Crippen LogP contribution in [0.3, 0.4) is 0 Å². The van der Waals surface area contributed by atoms with E-state index < -0.39 is 5.66 Å². The predicted molar refractivity (Wildman–Crippen MR) is 160 cm³/mol. The SMILES string of the molecule is CC(C)(C)c1ccc2[n+](c1)C1(c3ccccc3-2)c2ccccc2-c2c3c(c4ccccc4[n+]21)Cc1ccccc1-3. The summed E-state index contributed by atoms with van der Waals surface area (Å²) in [5.41, 5.74) is 15.7. The van der Waals surface area contributed by atoms with Crippen LogP contribution >= 0.6 is 0 Å². The van der Waals surface area contributed by atoms with Gasteiger partial charge in [-0.15, -0.1) is 9.13 Å². The first-order chi connectivity index (χ1) is 19.5. The number of benzene rings is 4. The lowest BCUT2D eigenvalue weighted by molar-refractivity contribution is -0.944. The van der Waals surface area contributed by atoms with Crippen molar-refractivity contribution in [2.75, 3.05) is 0 Å². The van der Waals surface area contributed by atoms with Gasteiger partial charge < -0.3 is 0 Å². The van der Waals surface area contributed by atoms with Crippen LogP contribution < -0.4 is 9.13 Å². The summed E-state index contributed by atoms with van der Waals surface area (Å²) in [6.45, 7) is 6.94. The molecular formula is C38H30N2+2. The Morgan fingerprint density at radius 1 is 0.650 bits per heavy atom. The zero-order valence-corrected chi connectivity index (χ0v) is 23.1. The van der Waals surface area contributed by atoms with Gasteiger partial charge in [-0.3, -0.25) is 0 Å². The molecule has 0 fully saturated rings. The molecule has 0 radical (unpaired) electrons. The Balaban J connectivity index is 1.55. The minimum Gasteiger partial charge on any atom is -0.125 e. The van der Waals surface area contributed by atoms with Gasteiger partial charge in [-0.2, -0.15) is 0 Å². The highest BCUT2D eigenvalue weighted by molar-refractivity contribution is 5.98. The van der Waals surface area contributed by atoms with E-state index in [1.807, 2.05) is 0 Å². The molecule has 0 N–H and O–H groups in total. The largest absolute Gasteiger partial charge is 0.418 e. The maximum Gasteiger partial charge on any atom is 0.418 e. The lowest BCUT2D eigenvalue weighted by Gasteiger charge is -2.22. The van der Waals surface area contributed by atoms with Crippen molar-refractivity contribution in [1.29, 1.82) is 0 Å². The molecular weight excluding hydrogens is 484 g/mol. The predicted octanol–water partition coefficient (Wildman–Crippen LogP) is 7.54. The molecule has 2 aliphatic heterocycles. The van der Waals surface area contributed by atoms with E-state index in [0.29, 0.717) is 0 Å². The molecule has 0 saturated heterocycles. The summed E-state index contributed by atoms with van der Waals surface area (Å²) < 4.78 is 5.28. The molecule has 0 bridgehead atoms. The van der Waals surface area contributed by atoms with Crippen LogP contribution in [0.5, 0.6) is 0 Å². The second-order valence-corrected chi connectivity index (χ2v) is 12.6. The van der Waals surface area contributed by atoms with E-state index in [2.05, 4.69) is 145 Å². The Bertz CT molecular complexity index is 2080. The van der Waals surface area contributed by atoms with Crippen LogP contribution in [0.25, 0.3) is 44.5 Å². The topological polar surface area (TPSA) is 7.76 Å². The summed E-state index contributed by atoms with van der Waals surface area (Å²) in [6, 6.07) is 41.0. The summed E-state index contributed by atoms with van der Waals surface area (Å²) in [7, 11) is 0. The molecule has 2 heteroatoms. The zero-order valence-electron chi connectivity index (χ0n) is 23.1. The van der Waals surface area contributed by atoms with Gasteiger partial charge in [0, 0.05) is 17.7 Å². The minimum absolute atomic E-state index is 0.0303. The van der Waals surface area contributed by atoms with E-state index in [9.17, 15) is 0 Å². The molecule has 0 amide bonds. The number of nitrogens with zero attached hydrogens (tertiary/aromatic N) is 2. The molecule has 9 rings (SSSR count). The van der Waals surface area contributed by atoms with Gasteiger partial charge in [-0.1, -0.05) is 81.4 Å². The maximum absolute atomic E-state index is 2.69. The van der Waals surface area contributed by atoms with E-state index in [1.165, 1.54) is 72.4 Å². The average Bonchev–Trinajstić information content (AvgIpc) is 3.61. The molecule has 1 aliphatic carbocycles. The molecule has 2 nitrogen and oxygen atoms in total. The maximum atomic E-state index is 2.69. The van der Waals surface area contributed by atoms with Crippen LogP contribution in [0.2, 0.25) is 0 Å². The lowest BCUT2D eigenvalue weighted by Crippen LogP contribution is -2.72. The third kappa shape index (κ3) is 2.51. The Morgan fingerprint density at radius 2 is 1.30 bits per heavy atom. The van der Waals surface area contributed by atoms with Gasteiger partial charge >= 0.3 is 5.66 Å². The van der Waals surface area contributed by atoms with E-state index in [0.717, 1.165) is 6.42 Å². The van der Waals surface area contributed by atoms with Crippen molar-refractivity contribution < 1.29 is 9.13 Å². The van der Waals surface area contributed by atoms with E-state index in [-0.39, 0.29) is 5.41 Å². The van der Waals surface area contributed by atoms with Crippen molar-refractivity contribution in [2.24, 2.45) is 0 Å². The Labute approximate surface area is 234 Å². The highest BCUT2D eigenvalue weighted by Crippen LogP contribution is 2.53. The van der Waals surface area contributed by atoms with E-state index >= 15 is 0 Å². The number of hydrogen-bond acceptors (Lipinski definition) is 0. The molecule has 1 unspecified atom stereocenters. The number of hydrogen-bond donors (Lipinski definition) is 0. The highest BCUT2D eigenvalue weighted by Gasteiger charge is 2.68. The molecule has 190 valence electrons. The standard InChI is InChI=1S/C38H30N2/c1-37(2,3)25-20-21-33-28-15-6-9-17-31(28)38(39(33)23-25)32-18-10-7-16-29(32)36-35-26-13-5-4-12-24(26)22-30(35)27-14-8-11-19-34(27)40(36)38/h4-21,23H,22H2,1-3H3/q+2. The molecule has 4 aromatic carbocycles. The number of para-hydroxylation sites is 1. The van der Waals surface area contributed by atoms with Gasteiger partial charge in [0.15, 0.2) is 6.20 Å². The molecule has 2 aromatic heterocycles. The van der Waals surface area contributed by atoms with Crippen molar-refractivity contribution in [1.82, 2.24) is 0 Å². The average molecular weight is 515 g/mol. The Kier molecular flexibility index (Phi) is 4.09. The summed E-state index contributed by atoms with van der Waals surface area (Å²) in [4.78, 5) is 0. The summed E-state index contributed by atoms with van der Waals surface area (Å²) in [5, 5.41) is 1.35. The first-order valence-electron chi connectivity index (χ1n) is 14.3. The molecule has 3 aliphatic rings. The van der Waals surface area contributed by atoms with Gasteiger partial charge in [0.2, 0.25) is 16.9 Å². The molecule has 0 saturated carbocycles. The van der Waals surface area contributed by atoms with Gasteiger partial charge in [-0.25, -0.2) is 0 Å². The number of pyridine rings is 2. The van der Waals surface area contributed by atoms with Crippen LogP contribution in [0.1, 0.15) is 48.6 Å². The Hall–Kier alpha value is -4.56. The molecule has 1 spiro atoms. The van der Waals surface area contributed by atoms with Gasteiger partial charge in [0.25, 0.3) is 0 Å². The van der Waals surface area contributed by atoms with Gasteiger partial charge in [-0.05, 0) is 64.9 Å². The number of aromatic nitrogens is 2. The third-order valence-electron chi connectivity index (χ3n) is 9.51. The fourth-order valence-corrected chi connectivity index (χ4v) is 7.80. The fraction of sp³-hybridized carbons (Fsp3) is 0.158.